The molecule has 0 heterocycles. The zero-order valence-corrected chi connectivity index (χ0v) is 13.9. The van der Waals surface area contributed by atoms with Crippen molar-refractivity contribution in [2.75, 3.05) is 6.54 Å². The molecule has 3 N–H and O–H groups in total. The van der Waals surface area contributed by atoms with Crippen molar-refractivity contribution in [1.29, 1.82) is 0 Å². The highest BCUT2D eigenvalue weighted by Crippen LogP contribution is 2.23. The number of hydrogen-bond donors (Lipinski definition) is 3. The van der Waals surface area contributed by atoms with E-state index in [1.165, 1.54) is 6.92 Å². The van der Waals surface area contributed by atoms with E-state index >= 15 is 0 Å². The number of carbonyl (C=O) groups excluding carboxylic acids is 3. The average Bonchev–Trinajstić information content (AvgIpc) is 2.39. The van der Waals surface area contributed by atoms with Crippen LogP contribution in [0, 0.1) is 0 Å². The summed E-state index contributed by atoms with van der Waals surface area (Å²) in [4.78, 5) is 45.5. The summed E-state index contributed by atoms with van der Waals surface area (Å²) >= 11 is 0. The number of carboxylic acids is 1. The maximum atomic E-state index is 13.5. The number of carbonyl (C=O) groups is 4. The van der Waals surface area contributed by atoms with Gasteiger partial charge in [-0.15, -0.1) is 0 Å². The highest BCUT2D eigenvalue weighted by atomic mass is 19.3. The van der Waals surface area contributed by atoms with E-state index in [1.54, 1.807) is 26.1 Å². The lowest BCUT2D eigenvalue weighted by Crippen LogP contribution is -2.54. The molecule has 0 aromatic carbocycles. The van der Waals surface area contributed by atoms with Crippen molar-refractivity contribution in [2.24, 2.45) is 0 Å². The van der Waals surface area contributed by atoms with Crippen LogP contribution in [0.4, 0.5) is 13.6 Å². The smallest absolute Gasteiger partial charge is 0.408 e. The summed E-state index contributed by atoms with van der Waals surface area (Å²) in [5, 5.41) is 12.6. The molecule has 1 unspecified atom stereocenters. The van der Waals surface area contributed by atoms with Gasteiger partial charge in [-0.05, 0) is 27.2 Å². The molecule has 0 bridgehead atoms. The number of alkyl carbamates (subject to hydrolysis) is 1. The van der Waals surface area contributed by atoms with Crippen molar-refractivity contribution >= 4 is 23.8 Å². The van der Waals surface area contributed by atoms with Gasteiger partial charge in [0.25, 0.3) is 0 Å². The third-order valence-electron chi connectivity index (χ3n) is 2.53. The molecule has 1 atom stereocenters. The maximum Gasteiger partial charge on any atom is 0.408 e. The van der Waals surface area contributed by atoms with Gasteiger partial charge in [0, 0.05) is 6.42 Å². The molecule has 0 radical (unpaired) electrons. The fourth-order valence-electron chi connectivity index (χ4n) is 1.57. The molecule has 2 amide bonds. The van der Waals surface area contributed by atoms with Gasteiger partial charge in [-0.25, -0.2) is 9.59 Å². The Balaban J connectivity index is 4.74. The van der Waals surface area contributed by atoms with Crippen molar-refractivity contribution in [2.45, 2.75) is 58.1 Å². The number of alkyl halides is 2. The number of carboxylic acid groups (broad SMARTS) is 1. The molecule has 0 aromatic heterocycles. The van der Waals surface area contributed by atoms with Gasteiger partial charge in [0.15, 0.2) is 6.04 Å². The molecular weight excluding hydrogens is 330 g/mol. The molecule has 138 valence electrons. The van der Waals surface area contributed by atoms with Gasteiger partial charge in [-0.1, -0.05) is 6.92 Å². The number of amides is 2. The SMILES string of the molecule is CCCC(F)(F)C(=O)C(NC(=O)CNC(=O)OC(C)(C)C)C(=O)O. The predicted octanol–water partition coefficient (Wildman–Crippen LogP) is 1.08. The number of nitrogens with one attached hydrogen (secondary N) is 2. The highest BCUT2D eigenvalue weighted by Gasteiger charge is 2.45. The Bertz CT molecular complexity index is 502. The lowest BCUT2D eigenvalue weighted by Gasteiger charge is -2.21. The van der Waals surface area contributed by atoms with Crippen molar-refractivity contribution in [1.82, 2.24) is 10.6 Å². The number of halogens is 2. The van der Waals surface area contributed by atoms with Gasteiger partial charge >= 0.3 is 18.0 Å². The minimum absolute atomic E-state index is 0.0424. The Kier molecular flexibility index (Phi) is 7.75. The molecule has 0 saturated carbocycles. The topological polar surface area (TPSA) is 122 Å². The first-order chi connectivity index (χ1) is 10.8. The summed E-state index contributed by atoms with van der Waals surface area (Å²) in [5.41, 5.74) is -0.817. The standard InChI is InChI=1S/C14H22F2N2O6/c1-5-6-14(15,16)10(20)9(11(21)22)18-8(19)7-17-12(23)24-13(2,3)4/h9H,5-7H2,1-4H3,(H,17,23)(H,18,19)(H,21,22). The molecule has 0 aliphatic rings. The molecule has 0 aliphatic heterocycles. The second kappa shape index (κ2) is 8.55. The van der Waals surface area contributed by atoms with E-state index in [0.29, 0.717) is 0 Å². The minimum atomic E-state index is -3.87. The molecule has 24 heavy (non-hydrogen) atoms. The van der Waals surface area contributed by atoms with Gasteiger partial charge < -0.3 is 20.5 Å². The number of rotatable bonds is 8. The molecular formula is C14H22F2N2O6. The summed E-state index contributed by atoms with van der Waals surface area (Å²) in [6.45, 7) is 5.43. The fourth-order valence-corrected chi connectivity index (χ4v) is 1.57. The second-order valence-corrected chi connectivity index (χ2v) is 6.01. The van der Waals surface area contributed by atoms with Gasteiger partial charge in [0.05, 0.1) is 0 Å². The Morgan fingerprint density at radius 3 is 2.12 bits per heavy atom. The Morgan fingerprint density at radius 2 is 1.71 bits per heavy atom. The summed E-state index contributed by atoms with van der Waals surface area (Å²) in [5.74, 6) is -8.82. The highest BCUT2D eigenvalue weighted by molar-refractivity contribution is 6.08. The summed E-state index contributed by atoms with van der Waals surface area (Å²) in [6, 6.07) is -2.40. The first-order valence-electron chi connectivity index (χ1n) is 7.21. The zero-order valence-electron chi connectivity index (χ0n) is 13.9. The van der Waals surface area contributed by atoms with Crippen LogP contribution >= 0.6 is 0 Å². The Morgan fingerprint density at radius 1 is 1.17 bits per heavy atom. The molecule has 0 rings (SSSR count). The number of aliphatic carboxylic acids is 1. The molecule has 0 aromatic rings. The van der Waals surface area contributed by atoms with Crippen LogP contribution in [-0.4, -0.2) is 53.0 Å². The lowest BCUT2D eigenvalue weighted by atomic mass is 10.0. The van der Waals surface area contributed by atoms with Crippen molar-refractivity contribution in [3.05, 3.63) is 0 Å². The molecule has 0 saturated heterocycles. The average molecular weight is 352 g/mol. The Labute approximate surface area is 137 Å². The molecule has 10 heteroatoms. The van der Waals surface area contributed by atoms with Crippen LogP contribution in [-0.2, 0) is 19.1 Å². The van der Waals surface area contributed by atoms with Crippen LogP contribution in [0.5, 0.6) is 0 Å². The van der Waals surface area contributed by atoms with E-state index in [1.807, 2.05) is 5.32 Å². The van der Waals surface area contributed by atoms with Crippen LogP contribution in [0.1, 0.15) is 40.5 Å². The summed E-state index contributed by atoms with van der Waals surface area (Å²) in [7, 11) is 0. The van der Waals surface area contributed by atoms with E-state index in [2.05, 4.69) is 0 Å². The molecule has 0 fully saturated rings. The van der Waals surface area contributed by atoms with E-state index < -0.39 is 54.3 Å². The second-order valence-electron chi connectivity index (χ2n) is 6.01. The Hall–Kier alpha value is -2.26. The zero-order chi connectivity index (χ0) is 19.1. The quantitative estimate of drug-likeness (QED) is 0.562. The number of ketones is 1. The van der Waals surface area contributed by atoms with Crippen LogP contribution in [0.3, 0.4) is 0 Å². The lowest BCUT2D eigenvalue weighted by molar-refractivity contribution is -0.156. The van der Waals surface area contributed by atoms with Gasteiger partial charge in [0.2, 0.25) is 11.7 Å². The van der Waals surface area contributed by atoms with Gasteiger partial charge in [-0.3, -0.25) is 9.59 Å². The van der Waals surface area contributed by atoms with Crippen LogP contribution in [0.2, 0.25) is 0 Å². The molecule has 0 aliphatic carbocycles. The molecule has 0 spiro atoms. The maximum absolute atomic E-state index is 13.5. The van der Waals surface area contributed by atoms with Crippen molar-refractivity contribution < 1.29 is 37.8 Å². The van der Waals surface area contributed by atoms with Crippen molar-refractivity contribution in [3.8, 4) is 0 Å². The predicted molar refractivity (Wildman–Crippen MR) is 78.7 cm³/mol. The van der Waals surface area contributed by atoms with Gasteiger partial charge in [-0.2, -0.15) is 8.78 Å². The number of hydrogen-bond acceptors (Lipinski definition) is 5. The first-order valence-corrected chi connectivity index (χ1v) is 7.21. The van der Waals surface area contributed by atoms with Crippen molar-refractivity contribution in [3.63, 3.8) is 0 Å². The minimum Gasteiger partial charge on any atom is -0.479 e. The van der Waals surface area contributed by atoms with Crippen LogP contribution in [0.25, 0.3) is 0 Å². The van der Waals surface area contributed by atoms with Gasteiger partial charge in [0.1, 0.15) is 12.1 Å². The van der Waals surface area contributed by atoms with E-state index in [4.69, 9.17) is 9.84 Å². The normalized spacial score (nSPS) is 12.9. The summed E-state index contributed by atoms with van der Waals surface area (Å²) in [6.07, 6.45) is -1.83. The fraction of sp³-hybridized carbons (Fsp3) is 0.714. The third-order valence-corrected chi connectivity index (χ3v) is 2.53. The van der Waals surface area contributed by atoms with Crippen LogP contribution in [0.15, 0.2) is 0 Å². The summed E-state index contributed by atoms with van der Waals surface area (Å²) < 4.78 is 31.9. The van der Waals surface area contributed by atoms with E-state index in [-0.39, 0.29) is 6.42 Å². The monoisotopic (exact) mass is 352 g/mol. The number of ether oxygens (including phenoxy) is 1. The van der Waals surface area contributed by atoms with E-state index in [9.17, 15) is 28.0 Å². The largest absolute Gasteiger partial charge is 0.479 e. The number of Topliss-reactive ketones (excluding diaryl/α,β-unsaturated/α-hetero) is 1. The van der Waals surface area contributed by atoms with Crippen LogP contribution < -0.4 is 10.6 Å². The third kappa shape index (κ3) is 7.84. The van der Waals surface area contributed by atoms with E-state index in [0.717, 1.165) is 0 Å². The molecule has 8 nitrogen and oxygen atoms in total. The first kappa shape index (κ1) is 21.7.